The molecule has 0 fully saturated rings. The molecule has 0 unspecified atom stereocenters. The van der Waals surface area contributed by atoms with Crippen molar-refractivity contribution < 1.29 is 45.1 Å². The van der Waals surface area contributed by atoms with Crippen LogP contribution in [0.15, 0.2) is 24.3 Å². The summed E-state index contributed by atoms with van der Waals surface area (Å²) in [5.74, 6) is -0.334. The van der Waals surface area contributed by atoms with E-state index >= 15 is 0 Å². The van der Waals surface area contributed by atoms with Gasteiger partial charge in [-0.15, -0.1) is 0 Å². The molecule has 1 aromatic carbocycles. The molecule has 162 valence electrons. The lowest BCUT2D eigenvalue weighted by Gasteiger charge is -2.31. The van der Waals surface area contributed by atoms with E-state index in [9.17, 15) is 22.3 Å². The molecule has 0 saturated carbocycles. The quantitative estimate of drug-likeness (QED) is 0.368. The number of hydrogen-bond donors (Lipinski definition) is 0. The van der Waals surface area contributed by atoms with Gasteiger partial charge in [-0.2, -0.15) is 13.2 Å². The standard InChI is InChI=1S/C16H25F3O7P2/c1-5-22-27(20,23-6-2)15(28(21,24-7-3)25-8-4)26-14-11-9-10-13(12-14)16(17,18)19/h9-12,15H,5-8H2,1-4H3. The van der Waals surface area contributed by atoms with Gasteiger partial charge in [-0.25, -0.2) is 0 Å². The predicted octanol–water partition coefficient (Wildman–Crippen LogP) is 5.90. The summed E-state index contributed by atoms with van der Waals surface area (Å²) in [5.41, 5.74) is -2.89. The Morgan fingerprint density at radius 1 is 0.857 bits per heavy atom. The minimum atomic E-state index is -4.62. The first-order chi connectivity index (χ1) is 13.1. The van der Waals surface area contributed by atoms with Gasteiger partial charge in [0.2, 0.25) is 0 Å². The van der Waals surface area contributed by atoms with Gasteiger partial charge in [0.25, 0.3) is 5.59 Å². The minimum absolute atomic E-state index is 0.0853. The van der Waals surface area contributed by atoms with Gasteiger partial charge < -0.3 is 22.8 Å². The SMILES string of the molecule is CCOP(=O)(OCC)C(Oc1cccc(C(F)(F)F)c1)P(=O)(OCC)OCC. The van der Waals surface area contributed by atoms with Crippen molar-refractivity contribution in [3.05, 3.63) is 29.8 Å². The molecule has 0 amide bonds. The molecule has 0 radical (unpaired) electrons. The van der Waals surface area contributed by atoms with Crippen LogP contribution in [0.3, 0.4) is 0 Å². The minimum Gasteiger partial charge on any atom is -0.465 e. The predicted molar refractivity (Wildman–Crippen MR) is 97.6 cm³/mol. The molecule has 0 saturated heterocycles. The van der Waals surface area contributed by atoms with Gasteiger partial charge >= 0.3 is 21.4 Å². The number of rotatable bonds is 12. The van der Waals surface area contributed by atoms with Gasteiger partial charge in [-0.1, -0.05) is 6.07 Å². The summed E-state index contributed by atoms with van der Waals surface area (Å²) < 4.78 is 91.8. The third-order valence-corrected chi connectivity index (χ3v) is 8.64. The summed E-state index contributed by atoms with van der Waals surface area (Å²) in [7, 11) is -8.50. The number of benzene rings is 1. The van der Waals surface area contributed by atoms with Crippen molar-refractivity contribution >= 4 is 15.2 Å². The van der Waals surface area contributed by atoms with E-state index in [2.05, 4.69) is 0 Å². The Balaban J connectivity index is 3.46. The molecule has 0 aromatic heterocycles. The zero-order valence-corrected chi connectivity index (χ0v) is 17.9. The fraction of sp³-hybridized carbons (Fsp3) is 0.625. The van der Waals surface area contributed by atoms with Gasteiger partial charge in [0.15, 0.2) is 0 Å². The van der Waals surface area contributed by atoms with E-state index in [1.165, 1.54) is 33.8 Å². The highest BCUT2D eigenvalue weighted by Gasteiger charge is 2.53. The maximum Gasteiger partial charge on any atom is 0.416 e. The van der Waals surface area contributed by atoms with Crippen LogP contribution < -0.4 is 4.74 Å². The van der Waals surface area contributed by atoms with Gasteiger partial charge in [-0.05, 0) is 45.9 Å². The fourth-order valence-corrected chi connectivity index (χ4v) is 7.01. The Morgan fingerprint density at radius 2 is 1.29 bits per heavy atom. The summed E-state index contributed by atoms with van der Waals surface area (Å²) in [4.78, 5) is 0. The Hall–Kier alpha value is -0.890. The van der Waals surface area contributed by atoms with Crippen LogP contribution in [0.2, 0.25) is 0 Å². The van der Waals surface area contributed by atoms with Crippen LogP contribution in [-0.2, 0) is 33.4 Å². The van der Waals surface area contributed by atoms with Crippen LogP contribution in [0.5, 0.6) is 5.75 Å². The van der Waals surface area contributed by atoms with Crippen LogP contribution in [0.4, 0.5) is 13.2 Å². The van der Waals surface area contributed by atoms with Crippen molar-refractivity contribution in [2.75, 3.05) is 26.4 Å². The van der Waals surface area contributed by atoms with E-state index in [0.29, 0.717) is 6.07 Å². The van der Waals surface area contributed by atoms with Crippen LogP contribution in [0, 0.1) is 0 Å². The summed E-state index contributed by atoms with van der Waals surface area (Å²) in [6.07, 6.45) is -4.62. The maximum absolute atomic E-state index is 13.3. The van der Waals surface area contributed by atoms with E-state index in [4.69, 9.17) is 22.8 Å². The molecular formula is C16H25F3O7P2. The average Bonchev–Trinajstić information content (AvgIpc) is 2.60. The van der Waals surface area contributed by atoms with Gasteiger partial charge in [-0.3, -0.25) is 9.13 Å². The normalized spacial score (nSPS) is 13.1. The first kappa shape index (κ1) is 25.1. The highest BCUT2D eigenvalue weighted by atomic mass is 31.2. The molecule has 0 aliphatic rings. The van der Waals surface area contributed by atoms with E-state index < -0.39 is 32.5 Å². The number of hydrogen-bond acceptors (Lipinski definition) is 7. The average molecular weight is 448 g/mol. The third kappa shape index (κ3) is 6.58. The van der Waals surface area contributed by atoms with Gasteiger partial charge in [0.1, 0.15) is 5.75 Å². The first-order valence-electron chi connectivity index (χ1n) is 8.67. The van der Waals surface area contributed by atoms with Crippen molar-refractivity contribution in [2.24, 2.45) is 0 Å². The second kappa shape index (κ2) is 10.8. The summed E-state index contributed by atoms with van der Waals surface area (Å²) in [5, 5.41) is 0. The van der Waals surface area contributed by atoms with Gasteiger partial charge in [0.05, 0.1) is 32.0 Å². The summed E-state index contributed by atoms with van der Waals surface area (Å²) >= 11 is 0. The fourth-order valence-electron chi connectivity index (χ4n) is 2.22. The smallest absolute Gasteiger partial charge is 0.416 e. The topological polar surface area (TPSA) is 80.3 Å². The second-order valence-corrected chi connectivity index (χ2v) is 9.76. The van der Waals surface area contributed by atoms with Crippen molar-refractivity contribution in [1.82, 2.24) is 0 Å². The summed E-state index contributed by atoms with van der Waals surface area (Å²) in [6, 6.07) is 3.84. The van der Waals surface area contributed by atoms with Crippen LogP contribution in [0.1, 0.15) is 33.3 Å². The lowest BCUT2D eigenvalue weighted by molar-refractivity contribution is -0.137. The molecule has 0 spiro atoms. The number of alkyl halides is 3. The van der Waals surface area contributed by atoms with E-state index in [-0.39, 0.29) is 32.2 Å². The molecule has 1 aromatic rings. The molecule has 12 heteroatoms. The highest BCUT2D eigenvalue weighted by molar-refractivity contribution is 7.72. The Labute approximate surface area is 162 Å². The molecule has 0 N–H and O–H groups in total. The zero-order chi connectivity index (χ0) is 21.4. The zero-order valence-electron chi connectivity index (χ0n) is 16.1. The molecule has 0 atom stereocenters. The molecular weight excluding hydrogens is 423 g/mol. The second-order valence-electron chi connectivity index (χ2n) is 5.22. The maximum atomic E-state index is 13.3. The van der Waals surface area contributed by atoms with Crippen molar-refractivity contribution in [3.63, 3.8) is 0 Å². The molecule has 0 aliphatic carbocycles. The molecule has 0 aliphatic heterocycles. The third-order valence-electron chi connectivity index (χ3n) is 3.18. The number of ether oxygens (including phenoxy) is 1. The Kier molecular flexibility index (Phi) is 9.67. The van der Waals surface area contributed by atoms with Crippen LogP contribution in [-0.4, -0.2) is 32.0 Å². The van der Waals surface area contributed by atoms with E-state index in [1.54, 1.807) is 0 Å². The van der Waals surface area contributed by atoms with Crippen LogP contribution in [0.25, 0.3) is 0 Å². The van der Waals surface area contributed by atoms with Crippen LogP contribution >= 0.6 is 15.2 Å². The molecule has 0 heterocycles. The van der Waals surface area contributed by atoms with Crippen molar-refractivity contribution in [2.45, 2.75) is 39.5 Å². The Morgan fingerprint density at radius 3 is 1.64 bits per heavy atom. The summed E-state index contributed by atoms with van der Waals surface area (Å²) in [6.45, 7) is 5.77. The lowest BCUT2D eigenvalue weighted by atomic mass is 10.2. The monoisotopic (exact) mass is 448 g/mol. The lowest BCUT2D eigenvalue weighted by Crippen LogP contribution is -2.23. The largest absolute Gasteiger partial charge is 0.465 e. The van der Waals surface area contributed by atoms with Gasteiger partial charge in [0, 0.05) is 0 Å². The molecule has 1 rings (SSSR count). The Bertz CT molecular complexity index is 662. The number of halogens is 3. The van der Waals surface area contributed by atoms with E-state index in [0.717, 1.165) is 12.1 Å². The first-order valence-corrected chi connectivity index (χ1v) is 11.9. The van der Waals surface area contributed by atoms with E-state index in [1.807, 2.05) is 0 Å². The van der Waals surface area contributed by atoms with Crippen molar-refractivity contribution in [3.8, 4) is 5.75 Å². The van der Waals surface area contributed by atoms with Crippen molar-refractivity contribution in [1.29, 1.82) is 0 Å². The molecule has 0 bridgehead atoms. The molecule has 7 nitrogen and oxygen atoms in total. The highest BCUT2D eigenvalue weighted by Crippen LogP contribution is 2.70. The molecule has 28 heavy (non-hydrogen) atoms.